The maximum atomic E-state index is 11.7. The summed E-state index contributed by atoms with van der Waals surface area (Å²) in [5, 5.41) is 0. The summed E-state index contributed by atoms with van der Waals surface area (Å²) in [5.74, 6) is 0.389. The first kappa shape index (κ1) is 22.5. The first-order valence-corrected chi connectivity index (χ1v) is 9.85. The van der Waals surface area contributed by atoms with Crippen LogP contribution >= 0.6 is 0 Å². The highest BCUT2D eigenvalue weighted by atomic mass is 16.5. The third-order valence-corrected chi connectivity index (χ3v) is 5.45. The Hall–Kier alpha value is -2.75. The SMILES string of the molecule is [C-]#[N+]C(CCC(=O)OC)(CCC(=O)OC)c1ccc(OC)c(OC2CCCC2)c1. The predicted octanol–water partition coefficient (Wildman–Crippen LogP) is 4.04. The molecule has 0 atom stereocenters. The van der Waals surface area contributed by atoms with Crippen molar-refractivity contribution in [2.45, 2.75) is 63.0 Å². The molecule has 0 saturated heterocycles. The number of benzene rings is 1. The molecule has 7 nitrogen and oxygen atoms in total. The smallest absolute Gasteiger partial charge is 0.305 e. The molecular weight excluding hydrogens is 374 g/mol. The molecule has 1 fully saturated rings. The standard InChI is InChI=1S/C22H29NO6/c1-23-22(13-11-20(24)27-3,14-12-21(25)28-4)16-9-10-18(26-2)19(15-16)29-17-7-5-6-8-17/h9-10,15,17H,5-8,11-14H2,2-4H3. The molecular formula is C22H29NO6. The zero-order chi connectivity index (χ0) is 21.3. The van der Waals surface area contributed by atoms with Gasteiger partial charge in [-0.3, -0.25) is 9.59 Å². The Morgan fingerprint density at radius 1 is 1.03 bits per heavy atom. The molecule has 29 heavy (non-hydrogen) atoms. The molecule has 7 heteroatoms. The van der Waals surface area contributed by atoms with Gasteiger partial charge in [-0.25, -0.2) is 6.57 Å². The Labute approximate surface area is 172 Å². The molecule has 0 aromatic heterocycles. The second kappa shape index (κ2) is 10.7. The average molecular weight is 403 g/mol. The van der Waals surface area contributed by atoms with E-state index in [4.69, 9.17) is 25.5 Å². The molecule has 1 aromatic rings. The molecule has 1 aliphatic carbocycles. The van der Waals surface area contributed by atoms with Crippen molar-refractivity contribution in [3.63, 3.8) is 0 Å². The zero-order valence-electron chi connectivity index (χ0n) is 17.4. The normalized spacial score (nSPS) is 14.1. The van der Waals surface area contributed by atoms with Gasteiger partial charge in [-0.2, -0.15) is 0 Å². The zero-order valence-corrected chi connectivity index (χ0v) is 17.4. The van der Waals surface area contributed by atoms with Crippen LogP contribution in [0.25, 0.3) is 4.85 Å². The summed E-state index contributed by atoms with van der Waals surface area (Å²) >= 11 is 0. The summed E-state index contributed by atoms with van der Waals surface area (Å²) in [6.07, 6.45) is 5.00. The number of hydrogen-bond acceptors (Lipinski definition) is 6. The monoisotopic (exact) mass is 403 g/mol. The van der Waals surface area contributed by atoms with Crippen LogP contribution in [0.15, 0.2) is 18.2 Å². The number of carbonyl (C=O) groups is 2. The van der Waals surface area contributed by atoms with Gasteiger partial charge in [0.1, 0.15) is 0 Å². The summed E-state index contributed by atoms with van der Waals surface area (Å²) < 4.78 is 21.1. The van der Waals surface area contributed by atoms with Gasteiger partial charge in [0, 0.05) is 18.4 Å². The van der Waals surface area contributed by atoms with Crippen LogP contribution in [0, 0.1) is 6.57 Å². The Balaban J connectivity index is 2.37. The number of rotatable bonds is 10. The van der Waals surface area contributed by atoms with E-state index in [0.717, 1.165) is 25.7 Å². The molecule has 0 unspecified atom stereocenters. The summed E-state index contributed by atoms with van der Waals surface area (Å²) in [6.45, 7) is 7.89. The lowest BCUT2D eigenvalue weighted by Gasteiger charge is -2.24. The van der Waals surface area contributed by atoms with E-state index in [-0.39, 0.29) is 31.8 Å². The van der Waals surface area contributed by atoms with Crippen LogP contribution in [0.1, 0.15) is 56.9 Å². The van der Waals surface area contributed by atoms with E-state index in [9.17, 15) is 9.59 Å². The summed E-state index contributed by atoms with van der Waals surface area (Å²) in [7, 11) is 4.21. The Morgan fingerprint density at radius 3 is 2.10 bits per heavy atom. The van der Waals surface area contributed by atoms with Crippen molar-refractivity contribution in [3.05, 3.63) is 35.2 Å². The van der Waals surface area contributed by atoms with Gasteiger partial charge in [0.25, 0.3) is 5.54 Å². The molecule has 158 valence electrons. The summed E-state index contributed by atoms with van der Waals surface area (Å²) in [4.78, 5) is 27.3. The van der Waals surface area contributed by atoms with E-state index in [1.54, 1.807) is 19.2 Å². The van der Waals surface area contributed by atoms with Crippen LogP contribution in [0.5, 0.6) is 11.5 Å². The minimum absolute atomic E-state index is 0.0743. The fraction of sp³-hybridized carbons (Fsp3) is 0.591. The van der Waals surface area contributed by atoms with Crippen molar-refractivity contribution in [2.24, 2.45) is 0 Å². The fourth-order valence-corrected chi connectivity index (χ4v) is 3.66. The van der Waals surface area contributed by atoms with Crippen LogP contribution in [-0.4, -0.2) is 39.4 Å². The van der Waals surface area contributed by atoms with Gasteiger partial charge >= 0.3 is 11.9 Å². The number of esters is 2. The molecule has 0 aliphatic heterocycles. The highest BCUT2D eigenvalue weighted by Gasteiger charge is 2.40. The average Bonchev–Trinajstić information content (AvgIpc) is 3.26. The maximum absolute atomic E-state index is 11.7. The Kier molecular flexibility index (Phi) is 8.32. The van der Waals surface area contributed by atoms with Crippen LogP contribution < -0.4 is 9.47 Å². The number of carbonyl (C=O) groups excluding carboxylic acids is 2. The van der Waals surface area contributed by atoms with Gasteiger partial charge in [0.2, 0.25) is 0 Å². The molecule has 1 saturated carbocycles. The largest absolute Gasteiger partial charge is 0.493 e. The van der Waals surface area contributed by atoms with Crippen LogP contribution in [0.2, 0.25) is 0 Å². The van der Waals surface area contributed by atoms with E-state index < -0.39 is 17.5 Å². The fourth-order valence-electron chi connectivity index (χ4n) is 3.66. The minimum Gasteiger partial charge on any atom is -0.493 e. The van der Waals surface area contributed by atoms with Crippen LogP contribution in [0.3, 0.4) is 0 Å². The second-order valence-corrected chi connectivity index (χ2v) is 7.19. The Morgan fingerprint density at radius 2 is 1.62 bits per heavy atom. The lowest BCUT2D eigenvalue weighted by molar-refractivity contribution is -0.141. The molecule has 0 radical (unpaired) electrons. The van der Waals surface area contributed by atoms with Crippen molar-refractivity contribution < 1.29 is 28.5 Å². The molecule has 0 amide bonds. The van der Waals surface area contributed by atoms with Gasteiger partial charge in [0.15, 0.2) is 11.5 Å². The third kappa shape index (κ3) is 5.86. The van der Waals surface area contributed by atoms with Gasteiger partial charge < -0.3 is 23.8 Å². The highest BCUT2D eigenvalue weighted by molar-refractivity contribution is 5.70. The van der Waals surface area contributed by atoms with Gasteiger partial charge in [0.05, 0.1) is 40.3 Å². The third-order valence-electron chi connectivity index (χ3n) is 5.45. The first-order valence-electron chi connectivity index (χ1n) is 9.85. The lowest BCUT2D eigenvalue weighted by atomic mass is 9.82. The minimum atomic E-state index is -1.07. The molecule has 0 N–H and O–H groups in total. The van der Waals surface area contributed by atoms with Crippen molar-refractivity contribution in [1.29, 1.82) is 0 Å². The van der Waals surface area contributed by atoms with Crippen LogP contribution in [-0.2, 0) is 24.6 Å². The van der Waals surface area contributed by atoms with Gasteiger partial charge in [-0.15, -0.1) is 0 Å². The molecule has 0 spiro atoms. The van der Waals surface area contributed by atoms with E-state index in [1.807, 2.05) is 6.07 Å². The van der Waals surface area contributed by atoms with Gasteiger partial charge in [-0.1, -0.05) is 0 Å². The summed E-state index contributed by atoms with van der Waals surface area (Å²) in [5.41, 5.74) is -0.378. The maximum Gasteiger partial charge on any atom is 0.305 e. The van der Waals surface area contributed by atoms with E-state index in [1.165, 1.54) is 14.2 Å². The van der Waals surface area contributed by atoms with Crippen molar-refractivity contribution in [3.8, 4) is 11.5 Å². The molecule has 2 rings (SSSR count). The molecule has 0 bridgehead atoms. The number of hydrogen-bond donors (Lipinski definition) is 0. The highest BCUT2D eigenvalue weighted by Crippen LogP contribution is 2.41. The predicted molar refractivity (Wildman–Crippen MR) is 107 cm³/mol. The number of ether oxygens (including phenoxy) is 4. The molecule has 1 aromatic carbocycles. The van der Waals surface area contributed by atoms with E-state index in [2.05, 4.69) is 4.85 Å². The van der Waals surface area contributed by atoms with Crippen molar-refractivity contribution in [2.75, 3.05) is 21.3 Å². The number of nitrogens with zero attached hydrogens (tertiary/aromatic N) is 1. The molecule has 0 heterocycles. The van der Waals surface area contributed by atoms with Crippen molar-refractivity contribution in [1.82, 2.24) is 0 Å². The van der Waals surface area contributed by atoms with Crippen molar-refractivity contribution >= 4 is 11.9 Å². The van der Waals surface area contributed by atoms with Crippen LogP contribution in [0.4, 0.5) is 0 Å². The Bertz CT molecular complexity index is 728. The lowest BCUT2D eigenvalue weighted by Crippen LogP contribution is -2.25. The quantitative estimate of drug-likeness (QED) is 0.434. The summed E-state index contributed by atoms with van der Waals surface area (Å²) in [6, 6.07) is 5.38. The second-order valence-electron chi connectivity index (χ2n) is 7.19. The molecule has 1 aliphatic rings. The van der Waals surface area contributed by atoms with E-state index in [0.29, 0.717) is 17.1 Å². The topological polar surface area (TPSA) is 75.4 Å². The van der Waals surface area contributed by atoms with E-state index >= 15 is 0 Å². The van der Waals surface area contributed by atoms with Gasteiger partial charge in [-0.05, 0) is 43.9 Å². The first-order chi connectivity index (χ1) is 14.0. The number of methoxy groups -OCH3 is 3.